The number of amides is 1. The van der Waals surface area contributed by atoms with Crippen LogP contribution in [-0.4, -0.2) is 47.6 Å². The van der Waals surface area contributed by atoms with Gasteiger partial charge >= 0.3 is 12.1 Å². The molecule has 0 radical (unpaired) electrons. The number of aryl methyl sites for hydroxylation is 1. The molecule has 0 atom stereocenters. The number of carbonyl (C=O) groups is 1. The monoisotopic (exact) mass is 473 g/mol. The summed E-state index contributed by atoms with van der Waals surface area (Å²) < 4.78 is 43.8. The van der Waals surface area contributed by atoms with Crippen molar-refractivity contribution in [3.63, 3.8) is 0 Å². The van der Waals surface area contributed by atoms with Crippen LogP contribution in [0.4, 0.5) is 19.0 Å². The second-order valence-electron chi connectivity index (χ2n) is 7.24. The number of alkyl halides is 3. The highest BCUT2D eigenvalue weighted by Gasteiger charge is 2.38. The Balaban J connectivity index is 1.33. The minimum atomic E-state index is -4.75. The minimum absolute atomic E-state index is 0.217. The van der Waals surface area contributed by atoms with Crippen LogP contribution < -0.4 is 11.1 Å². The lowest BCUT2D eigenvalue weighted by Gasteiger charge is -2.05. The normalized spacial score (nSPS) is 11.5. The van der Waals surface area contributed by atoms with Crippen LogP contribution in [0, 0.1) is 6.92 Å². The molecule has 34 heavy (non-hydrogen) atoms. The highest BCUT2D eigenvalue weighted by atomic mass is 19.4. The molecule has 1 aromatic carbocycles. The first-order valence-electron chi connectivity index (χ1n) is 9.95. The van der Waals surface area contributed by atoms with Crippen molar-refractivity contribution in [3.05, 3.63) is 65.2 Å². The van der Waals surface area contributed by atoms with Crippen LogP contribution in [-0.2, 0) is 19.1 Å². The van der Waals surface area contributed by atoms with Crippen molar-refractivity contribution in [3.8, 4) is 11.4 Å². The van der Waals surface area contributed by atoms with Gasteiger partial charge in [0.15, 0.2) is 0 Å². The third-order valence-corrected chi connectivity index (χ3v) is 4.66. The topological polar surface area (TPSA) is 151 Å². The Morgan fingerprint density at radius 2 is 2.09 bits per heavy atom. The smallest absolute Gasteiger partial charge is 0.383 e. The maximum absolute atomic E-state index is 12.7. The molecule has 11 nitrogen and oxygen atoms in total. The molecule has 0 aliphatic heterocycles. The van der Waals surface area contributed by atoms with Crippen molar-refractivity contribution in [2.24, 2.45) is 0 Å². The lowest BCUT2D eigenvalue weighted by molar-refractivity contribution is -0.159. The molecule has 0 saturated heterocycles. The standard InChI is InChI=1S/C20H18F3N9O2/c1-11-26-8-14(16(24)27-11)9-32-10-15(29-31-32)5-6-25-18(33)13-4-2-3-12(7-13)17-28-19(34-30-17)20(21,22)23/h2-4,7-8,10H,5-6,9H2,1H3,(H,25,33)(H2,24,26,27). The number of nitrogens with two attached hydrogens (primary N) is 1. The van der Waals surface area contributed by atoms with E-state index in [4.69, 9.17) is 5.73 Å². The van der Waals surface area contributed by atoms with Gasteiger partial charge in [0.25, 0.3) is 5.91 Å². The highest BCUT2D eigenvalue weighted by molar-refractivity contribution is 5.95. The molecule has 3 aromatic heterocycles. The Morgan fingerprint density at radius 3 is 2.82 bits per heavy atom. The first-order valence-corrected chi connectivity index (χ1v) is 9.95. The van der Waals surface area contributed by atoms with Gasteiger partial charge in [-0.25, -0.2) is 14.6 Å². The van der Waals surface area contributed by atoms with E-state index in [-0.39, 0.29) is 23.5 Å². The highest BCUT2D eigenvalue weighted by Crippen LogP contribution is 2.29. The number of nitrogens with zero attached hydrogens (tertiary/aromatic N) is 7. The number of hydrogen-bond acceptors (Lipinski definition) is 9. The third-order valence-electron chi connectivity index (χ3n) is 4.66. The molecule has 3 N–H and O–H groups in total. The van der Waals surface area contributed by atoms with Gasteiger partial charge in [0.05, 0.1) is 12.2 Å². The Kier molecular flexibility index (Phi) is 6.21. The summed E-state index contributed by atoms with van der Waals surface area (Å²) in [6.07, 6.45) is -0.986. The average Bonchev–Trinajstić information content (AvgIpc) is 3.46. The minimum Gasteiger partial charge on any atom is -0.383 e. The maximum Gasteiger partial charge on any atom is 0.471 e. The van der Waals surface area contributed by atoms with Crippen LogP contribution in [0.25, 0.3) is 11.4 Å². The van der Waals surface area contributed by atoms with E-state index in [1.165, 1.54) is 24.3 Å². The number of halogens is 3. The second kappa shape index (κ2) is 9.25. The number of anilines is 1. The number of benzene rings is 1. The molecule has 0 unspecified atom stereocenters. The van der Waals surface area contributed by atoms with Crippen LogP contribution in [0.1, 0.15) is 33.3 Å². The number of aromatic nitrogens is 7. The van der Waals surface area contributed by atoms with Crippen molar-refractivity contribution in [1.29, 1.82) is 0 Å². The number of nitrogens with one attached hydrogen (secondary N) is 1. The summed E-state index contributed by atoms with van der Waals surface area (Å²) >= 11 is 0. The van der Waals surface area contributed by atoms with Crippen molar-refractivity contribution in [1.82, 2.24) is 40.4 Å². The molecule has 0 saturated carbocycles. The van der Waals surface area contributed by atoms with Crippen LogP contribution in [0.3, 0.4) is 0 Å². The summed E-state index contributed by atoms with van der Waals surface area (Å²) in [5.74, 6) is -1.20. The quantitative estimate of drug-likeness (QED) is 0.411. The molecule has 0 fully saturated rings. The van der Waals surface area contributed by atoms with Crippen molar-refractivity contribution in [2.75, 3.05) is 12.3 Å². The summed E-state index contributed by atoms with van der Waals surface area (Å²) in [6.45, 7) is 2.36. The summed E-state index contributed by atoms with van der Waals surface area (Å²) in [7, 11) is 0. The molecule has 0 bridgehead atoms. The van der Waals surface area contributed by atoms with Gasteiger partial charge in [-0.15, -0.1) is 5.10 Å². The van der Waals surface area contributed by atoms with E-state index in [1.807, 2.05) is 0 Å². The fourth-order valence-electron chi connectivity index (χ4n) is 3.00. The largest absolute Gasteiger partial charge is 0.471 e. The Hall–Kier alpha value is -4.36. The number of hydrogen-bond donors (Lipinski definition) is 2. The predicted octanol–water partition coefficient (Wildman–Crippen LogP) is 2.05. The van der Waals surface area contributed by atoms with Crippen molar-refractivity contribution in [2.45, 2.75) is 26.1 Å². The molecule has 0 aliphatic carbocycles. The molecule has 0 spiro atoms. The zero-order valence-electron chi connectivity index (χ0n) is 17.7. The van der Waals surface area contributed by atoms with Crippen LogP contribution >= 0.6 is 0 Å². The van der Waals surface area contributed by atoms with Gasteiger partial charge in [0.1, 0.15) is 11.6 Å². The molecule has 14 heteroatoms. The summed E-state index contributed by atoms with van der Waals surface area (Å²) in [5.41, 5.74) is 7.69. The zero-order valence-corrected chi connectivity index (χ0v) is 17.7. The predicted molar refractivity (Wildman–Crippen MR) is 111 cm³/mol. The van der Waals surface area contributed by atoms with Gasteiger partial charge in [-0.2, -0.15) is 18.2 Å². The summed E-state index contributed by atoms with van der Waals surface area (Å²) in [5, 5.41) is 14.2. The first-order chi connectivity index (χ1) is 16.2. The van der Waals surface area contributed by atoms with Gasteiger partial charge in [0, 0.05) is 42.0 Å². The van der Waals surface area contributed by atoms with E-state index in [0.29, 0.717) is 35.9 Å². The van der Waals surface area contributed by atoms with Gasteiger partial charge < -0.3 is 15.6 Å². The molecule has 4 aromatic rings. The van der Waals surface area contributed by atoms with Gasteiger partial charge in [-0.1, -0.05) is 22.5 Å². The van der Waals surface area contributed by atoms with E-state index >= 15 is 0 Å². The van der Waals surface area contributed by atoms with Gasteiger partial charge in [-0.05, 0) is 19.1 Å². The molecular formula is C20H18F3N9O2. The zero-order chi connectivity index (χ0) is 24.3. The SMILES string of the molecule is Cc1ncc(Cn2cc(CCNC(=O)c3cccc(-c4noc(C(F)(F)F)n4)c3)nn2)c(N)n1. The number of carbonyl (C=O) groups excluding carboxylic acids is 1. The van der Waals surface area contributed by atoms with Crippen LogP contribution in [0.2, 0.25) is 0 Å². The Labute approximate surface area is 190 Å². The summed E-state index contributed by atoms with van der Waals surface area (Å²) in [4.78, 5) is 24.0. The lowest BCUT2D eigenvalue weighted by atomic mass is 10.1. The number of nitrogen functional groups attached to an aromatic ring is 1. The van der Waals surface area contributed by atoms with Crippen molar-refractivity contribution < 1.29 is 22.5 Å². The molecule has 3 heterocycles. The van der Waals surface area contributed by atoms with E-state index in [1.54, 1.807) is 24.0 Å². The fraction of sp³-hybridized carbons (Fsp3) is 0.250. The fourth-order valence-corrected chi connectivity index (χ4v) is 3.00. The third kappa shape index (κ3) is 5.33. The van der Waals surface area contributed by atoms with E-state index in [2.05, 4.69) is 40.3 Å². The van der Waals surface area contributed by atoms with Gasteiger partial charge in [-0.3, -0.25) is 4.79 Å². The second-order valence-corrected chi connectivity index (χ2v) is 7.24. The summed E-state index contributed by atoms with van der Waals surface area (Å²) in [6, 6.07) is 5.89. The van der Waals surface area contributed by atoms with Gasteiger partial charge in [0.2, 0.25) is 5.82 Å². The van der Waals surface area contributed by atoms with E-state index in [9.17, 15) is 18.0 Å². The Morgan fingerprint density at radius 1 is 1.26 bits per heavy atom. The Bertz CT molecular complexity index is 1320. The molecule has 4 rings (SSSR count). The molecule has 0 aliphatic rings. The van der Waals surface area contributed by atoms with E-state index in [0.717, 1.165) is 0 Å². The van der Waals surface area contributed by atoms with Crippen LogP contribution in [0.15, 0.2) is 41.2 Å². The molecular weight excluding hydrogens is 455 g/mol. The van der Waals surface area contributed by atoms with E-state index < -0.39 is 18.0 Å². The molecule has 1 amide bonds. The lowest BCUT2D eigenvalue weighted by Crippen LogP contribution is -2.25. The van der Waals surface area contributed by atoms with Crippen molar-refractivity contribution >= 4 is 11.7 Å². The average molecular weight is 473 g/mol. The van der Waals surface area contributed by atoms with Crippen LogP contribution in [0.5, 0.6) is 0 Å². The number of rotatable bonds is 7. The first kappa shape index (κ1) is 22.8. The maximum atomic E-state index is 12.7. The molecule has 176 valence electrons.